The summed E-state index contributed by atoms with van der Waals surface area (Å²) in [4.78, 5) is 14.5. The van der Waals surface area contributed by atoms with E-state index in [-0.39, 0.29) is 17.9 Å². The predicted molar refractivity (Wildman–Crippen MR) is 89.6 cm³/mol. The topological polar surface area (TPSA) is 29.5 Å². The molecule has 0 aromatic heterocycles. The summed E-state index contributed by atoms with van der Waals surface area (Å²) >= 11 is 0. The Hall–Kier alpha value is -1.77. The molecule has 0 saturated carbocycles. The van der Waals surface area contributed by atoms with Crippen molar-refractivity contribution in [1.29, 1.82) is 0 Å². The maximum Gasteiger partial charge on any atom is 0.328 e. The molecule has 0 amide bonds. The summed E-state index contributed by atoms with van der Waals surface area (Å²) in [7, 11) is 3.53. The Kier molecular flexibility index (Phi) is 3.54. The van der Waals surface area contributed by atoms with Crippen LogP contribution in [0.5, 0.6) is 0 Å². The standard InChI is InChI=1S/C19H25NO2/c1-10-11(2)13(4)17-16(12(10)3)14-8-7-9-15(14)18(20(17)5)19(21)22-6/h7-8,14-15,18H,9H2,1-6H3. The second-order valence-electron chi connectivity index (χ2n) is 6.69. The Morgan fingerprint density at radius 3 is 2.41 bits per heavy atom. The molecule has 0 saturated heterocycles. The van der Waals surface area contributed by atoms with Crippen molar-refractivity contribution in [3.63, 3.8) is 0 Å². The summed E-state index contributed by atoms with van der Waals surface area (Å²) in [5.41, 5.74) is 7.99. The van der Waals surface area contributed by atoms with Gasteiger partial charge in [-0.25, -0.2) is 4.79 Å². The average Bonchev–Trinajstić information content (AvgIpc) is 2.97. The minimum Gasteiger partial charge on any atom is -0.467 e. The highest BCUT2D eigenvalue weighted by Crippen LogP contribution is 2.50. The van der Waals surface area contributed by atoms with Gasteiger partial charge in [-0.05, 0) is 61.9 Å². The summed E-state index contributed by atoms with van der Waals surface area (Å²) in [5.74, 6) is 0.487. The molecule has 0 bridgehead atoms. The van der Waals surface area contributed by atoms with Crippen LogP contribution < -0.4 is 4.90 Å². The highest BCUT2D eigenvalue weighted by molar-refractivity contribution is 5.84. The van der Waals surface area contributed by atoms with Crippen LogP contribution in [0.25, 0.3) is 0 Å². The van der Waals surface area contributed by atoms with Crippen molar-refractivity contribution in [3.05, 3.63) is 40.0 Å². The normalized spacial score (nSPS) is 25.9. The average molecular weight is 299 g/mol. The molecule has 3 nitrogen and oxygen atoms in total. The highest BCUT2D eigenvalue weighted by atomic mass is 16.5. The van der Waals surface area contributed by atoms with Gasteiger partial charge in [0, 0.05) is 24.6 Å². The summed E-state index contributed by atoms with van der Waals surface area (Å²) < 4.78 is 5.10. The summed E-state index contributed by atoms with van der Waals surface area (Å²) in [6.45, 7) is 8.77. The number of esters is 1. The number of hydrogen-bond acceptors (Lipinski definition) is 3. The summed E-state index contributed by atoms with van der Waals surface area (Å²) in [5, 5.41) is 0. The van der Waals surface area contributed by atoms with Crippen molar-refractivity contribution >= 4 is 11.7 Å². The zero-order chi connectivity index (χ0) is 16.2. The van der Waals surface area contributed by atoms with E-state index in [1.807, 2.05) is 7.05 Å². The highest BCUT2D eigenvalue weighted by Gasteiger charge is 2.45. The number of rotatable bonds is 1. The number of carbonyl (C=O) groups excluding carboxylic acids is 1. The van der Waals surface area contributed by atoms with Gasteiger partial charge in [0.15, 0.2) is 0 Å². The van der Waals surface area contributed by atoms with Crippen LogP contribution >= 0.6 is 0 Å². The number of benzene rings is 1. The predicted octanol–water partition coefficient (Wildman–Crippen LogP) is 3.57. The van der Waals surface area contributed by atoms with Crippen LogP contribution in [-0.2, 0) is 9.53 Å². The minimum absolute atomic E-state index is 0.123. The fraction of sp³-hybridized carbons (Fsp3) is 0.526. The molecule has 3 atom stereocenters. The van der Waals surface area contributed by atoms with Gasteiger partial charge in [0.25, 0.3) is 0 Å². The Labute approximate surface area is 133 Å². The molecule has 1 aliphatic heterocycles. The molecule has 0 N–H and O–H groups in total. The maximum absolute atomic E-state index is 12.4. The molecule has 0 fully saturated rings. The molecule has 1 heterocycles. The van der Waals surface area contributed by atoms with Crippen LogP contribution in [0.3, 0.4) is 0 Å². The van der Waals surface area contributed by atoms with Crippen molar-refractivity contribution in [2.75, 3.05) is 19.1 Å². The lowest BCUT2D eigenvalue weighted by molar-refractivity contribution is -0.143. The Morgan fingerprint density at radius 1 is 1.14 bits per heavy atom. The molecule has 3 heteroatoms. The van der Waals surface area contributed by atoms with Gasteiger partial charge in [-0.3, -0.25) is 0 Å². The van der Waals surface area contributed by atoms with E-state index < -0.39 is 0 Å². The van der Waals surface area contributed by atoms with Gasteiger partial charge in [0.2, 0.25) is 0 Å². The maximum atomic E-state index is 12.4. The molecule has 22 heavy (non-hydrogen) atoms. The Morgan fingerprint density at radius 2 is 1.77 bits per heavy atom. The molecular weight excluding hydrogens is 274 g/mol. The van der Waals surface area contributed by atoms with Gasteiger partial charge in [0.05, 0.1) is 7.11 Å². The fourth-order valence-corrected chi connectivity index (χ4v) is 4.37. The van der Waals surface area contributed by atoms with Crippen LogP contribution in [0.1, 0.15) is 40.2 Å². The minimum atomic E-state index is -0.197. The van der Waals surface area contributed by atoms with Crippen LogP contribution in [0, 0.1) is 33.6 Å². The number of carbonyl (C=O) groups is 1. The summed E-state index contributed by atoms with van der Waals surface area (Å²) in [6, 6.07) is -0.197. The lowest BCUT2D eigenvalue weighted by atomic mass is 9.74. The second kappa shape index (κ2) is 5.15. The summed E-state index contributed by atoms with van der Waals surface area (Å²) in [6.07, 6.45) is 5.45. The van der Waals surface area contributed by atoms with Gasteiger partial charge in [-0.1, -0.05) is 12.2 Å². The molecule has 1 aromatic carbocycles. The number of anilines is 1. The van der Waals surface area contributed by atoms with E-state index in [0.29, 0.717) is 5.92 Å². The lowest BCUT2D eigenvalue weighted by Gasteiger charge is -2.44. The molecule has 3 rings (SSSR count). The molecule has 3 unspecified atom stereocenters. The quantitative estimate of drug-likeness (QED) is 0.586. The fourth-order valence-electron chi connectivity index (χ4n) is 4.37. The van der Waals surface area contributed by atoms with Gasteiger partial charge < -0.3 is 9.64 Å². The van der Waals surface area contributed by atoms with Gasteiger partial charge >= 0.3 is 5.97 Å². The third-order valence-electron chi connectivity index (χ3n) is 5.87. The molecule has 0 radical (unpaired) electrons. The van der Waals surface area contributed by atoms with E-state index in [2.05, 4.69) is 44.7 Å². The number of ether oxygens (including phenoxy) is 1. The van der Waals surface area contributed by atoms with Gasteiger partial charge in [0.1, 0.15) is 6.04 Å². The number of likely N-dealkylation sites (N-methyl/N-ethyl adjacent to an activating group) is 1. The van der Waals surface area contributed by atoms with E-state index in [1.165, 1.54) is 40.6 Å². The van der Waals surface area contributed by atoms with Crippen molar-refractivity contribution in [2.24, 2.45) is 5.92 Å². The van der Waals surface area contributed by atoms with Crippen LogP contribution in [0.2, 0.25) is 0 Å². The van der Waals surface area contributed by atoms with Crippen molar-refractivity contribution in [1.82, 2.24) is 0 Å². The van der Waals surface area contributed by atoms with Crippen molar-refractivity contribution < 1.29 is 9.53 Å². The van der Waals surface area contributed by atoms with Crippen molar-refractivity contribution in [3.8, 4) is 0 Å². The van der Waals surface area contributed by atoms with E-state index in [0.717, 1.165) is 6.42 Å². The molecule has 0 spiro atoms. The number of hydrogen-bond donors (Lipinski definition) is 0. The van der Waals surface area contributed by atoms with E-state index in [9.17, 15) is 4.79 Å². The van der Waals surface area contributed by atoms with Crippen molar-refractivity contribution in [2.45, 2.75) is 46.1 Å². The van der Waals surface area contributed by atoms with Crippen LogP contribution in [0.4, 0.5) is 5.69 Å². The van der Waals surface area contributed by atoms with Gasteiger partial charge in [-0.15, -0.1) is 0 Å². The molecule has 118 valence electrons. The molecule has 1 aromatic rings. The first-order valence-corrected chi connectivity index (χ1v) is 7.97. The second-order valence-corrected chi connectivity index (χ2v) is 6.69. The SMILES string of the molecule is COC(=O)C1C2CC=CC2c2c(C)c(C)c(C)c(C)c2N1C. The number of allylic oxidation sites excluding steroid dienone is 2. The number of nitrogens with zero attached hydrogens (tertiary/aromatic N) is 1. The third kappa shape index (κ3) is 1.84. The van der Waals surface area contributed by atoms with Gasteiger partial charge in [-0.2, -0.15) is 0 Å². The van der Waals surface area contributed by atoms with E-state index >= 15 is 0 Å². The number of fused-ring (bicyclic) bond motifs is 3. The third-order valence-corrected chi connectivity index (χ3v) is 5.87. The van der Waals surface area contributed by atoms with Crippen LogP contribution in [-0.4, -0.2) is 26.2 Å². The Bertz CT molecular complexity index is 675. The first kappa shape index (κ1) is 15.1. The van der Waals surface area contributed by atoms with E-state index in [1.54, 1.807) is 0 Å². The smallest absolute Gasteiger partial charge is 0.328 e. The lowest BCUT2D eigenvalue weighted by Crippen LogP contribution is -2.50. The van der Waals surface area contributed by atoms with Crippen LogP contribution in [0.15, 0.2) is 12.2 Å². The number of methoxy groups -OCH3 is 1. The monoisotopic (exact) mass is 299 g/mol. The molecular formula is C19H25NO2. The molecule has 2 aliphatic rings. The molecule has 1 aliphatic carbocycles. The zero-order valence-electron chi connectivity index (χ0n) is 14.4. The zero-order valence-corrected chi connectivity index (χ0v) is 14.4. The first-order valence-electron chi connectivity index (χ1n) is 7.97. The van der Waals surface area contributed by atoms with E-state index in [4.69, 9.17) is 4.74 Å². The largest absolute Gasteiger partial charge is 0.467 e. The Balaban J connectivity index is 2.28. The first-order chi connectivity index (χ1) is 10.4.